The van der Waals surface area contributed by atoms with Crippen LogP contribution in [0.25, 0.3) is 0 Å². The van der Waals surface area contributed by atoms with Crippen LogP contribution in [0.1, 0.15) is 5.56 Å². The zero-order valence-corrected chi connectivity index (χ0v) is 8.04. The number of benzene rings is 1. The number of aryl methyl sites for hydroxylation is 1. The van der Waals surface area contributed by atoms with Crippen molar-refractivity contribution in [2.75, 3.05) is 0 Å². The quantitative estimate of drug-likeness (QED) is 0.602. The van der Waals surface area contributed by atoms with E-state index in [2.05, 4.69) is 15.9 Å². The van der Waals surface area contributed by atoms with Crippen LogP contribution >= 0.6 is 15.9 Å². The highest BCUT2D eigenvalue weighted by molar-refractivity contribution is 9.10. The number of halogens is 1. The molecule has 0 amide bonds. The first-order valence-electron chi connectivity index (χ1n) is 3.37. The van der Waals surface area contributed by atoms with Crippen LogP contribution in [0.15, 0.2) is 16.6 Å². The molecule has 0 saturated carbocycles. The molecule has 1 aromatic rings. The molecule has 5 heteroatoms. The Morgan fingerprint density at radius 3 is 2.42 bits per heavy atom. The Labute approximate surface area is 78.9 Å². The predicted octanol–water partition coefficient (Wildman–Crippen LogP) is 0.143. The molecule has 1 aromatic carbocycles. The van der Waals surface area contributed by atoms with E-state index in [0.717, 1.165) is 5.56 Å². The van der Waals surface area contributed by atoms with Crippen molar-refractivity contribution in [2.45, 2.75) is 6.92 Å². The van der Waals surface area contributed by atoms with Crippen LogP contribution in [0.4, 0.5) is 0 Å². The molecular weight excluding hydrogens is 223 g/mol. The Kier molecular flexibility index (Phi) is 2.77. The van der Waals surface area contributed by atoms with E-state index < -0.39 is 7.12 Å². The molecule has 1 rings (SSSR count). The Morgan fingerprint density at radius 2 is 1.92 bits per heavy atom. The molecule has 0 aliphatic rings. The summed E-state index contributed by atoms with van der Waals surface area (Å²) in [5.74, 6) is -0.129. The van der Waals surface area contributed by atoms with Gasteiger partial charge in [0.2, 0.25) is 0 Å². The highest BCUT2D eigenvalue weighted by Crippen LogP contribution is 2.22. The molecule has 0 heterocycles. The minimum absolute atomic E-state index is 0.113. The van der Waals surface area contributed by atoms with Gasteiger partial charge in [0.25, 0.3) is 0 Å². The molecule has 0 atom stereocenters. The average Bonchev–Trinajstić information content (AvgIpc) is 1.96. The first-order chi connectivity index (χ1) is 5.52. The molecule has 0 fully saturated rings. The highest BCUT2D eigenvalue weighted by Gasteiger charge is 2.17. The van der Waals surface area contributed by atoms with E-state index in [1.54, 1.807) is 13.0 Å². The fourth-order valence-corrected chi connectivity index (χ4v) is 1.55. The van der Waals surface area contributed by atoms with E-state index in [0.29, 0.717) is 4.47 Å². The number of hydrogen-bond acceptors (Lipinski definition) is 3. The number of rotatable bonds is 1. The van der Waals surface area contributed by atoms with Gasteiger partial charge in [-0.05, 0) is 28.9 Å². The summed E-state index contributed by atoms with van der Waals surface area (Å²) >= 11 is 3.09. The topological polar surface area (TPSA) is 60.7 Å². The third-order valence-corrected chi connectivity index (χ3v) is 2.12. The van der Waals surface area contributed by atoms with Crippen LogP contribution in [-0.2, 0) is 0 Å². The smallest absolute Gasteiger partial charge is 0.492 e. The molecule has 0 aliphatic heterocycles. The number of aromatic hydroxyl groups is 1. The Balaban J connectivity index is 3.28. The zero-order chi connectivity index (χ0) is 9.30. The Hall–Kier alpha value is -0.515. The predicted molar refractivity (Wildman–Crippen MR) is 50.4 cm³/mol. The molecule has 0 spiro atoms. The SMILES string of the molecule is Cc1cc(Br)c(O)c(B(O)O)c1. The second kappa shape index (κ2) is 3.47. The standard InChI is InChI=1S/C7H8BBrO3/c1-4-2-5(8(11)12)7(10)6(9)3-4/h2-3,10-12H,1H3. The molecule has 0 radical (unpaired) electrons. The normalized spacial score (nSPS) is 10.0. The summed E-state index contributed by atoms with van der Waals surface area (Å²) in [7, 11) is -1.64. The van der Waals surface area contributed by atoms with Gasteiger partial charge in [-0.15, -0.1) is 0 Å². The first-order valence-corrected chi connectivity index (χ1v) is 4.17. The zero-order valence-electron chi connectivity index (χ0n) is 6.45. The van der Waals surface area contributed by atoms with E-state index in [1.807, 2.05) is 0 Å². The van der Waals surface area contributed by atoms with Crippen LogP contribution in [0.2, 0.25) is 0 Å². The molecule has 3 N–H and O–H groups in total. The van der Waals surface area contributed by atoms with Crippen LogP contribution in [0, 0.1) is 6.92 Å². The van der Waals surface area contributed by atoms with Crippen molar-refractivity contribution >= 4 is 28.5 Å². The van der Waals surface area contributed by atoms with Crippen molar-refractivity contribution in [3.05, 3.63) is 22.2 Å². The van der Waals surface area contributed by atoms with Crippen molar-refractivity contribution in [3.8, 4) is 5.75 Å². The van der Waals surface area contributed by atoms with Gasteiger partial charge in [0.05, 0.1) is 4.47 Å². The van der Waals surface area contributed by atoms with E-state index in [-0.39, 0.29) is 11.2 Å². The monoisotopic (exact) mass is 230 g/mol. The summed E-state index contributed by atoms with van der Waals surface area (Å²) in [5, 5.41) is 27.0. The lowest BCUT2D eigenvalue weighted by Crippen LogP contribution is -2.30. The third kappa shape index (κ3) is 1.80. The summed E-state index contributed by atoms with van der Waals surface area (Å²) < 4.78 is 0.464. The van der Waals surface area contributed by atoms with E-state index in [9.17, 15) is 5.11 Å². The van der Waals surface area contributed by atoms with Gasteiger partial charge in [-0.1, -0.05) is 11.6 Å². The van der Waals surface area contributed by atoms with Crippen molar-refractivity contribution < 1.29 is 15.2 Å². The third-order valence-electron chi connectivity index (χ3n) is 1.52. The number of phenolic OH excluding ortho intramolecular Hbond substituents is 1. The van der Waals surface area contributed by atoms with Crippen molar-refractivity contribution in [1.82, 2.24) is 0 Å². The molecule has 0 aliphatic carbocycles. The maximum Gasteiger partial charge on any atom is 0.492 e. The summed E-state index contributed by atoms with van der Waals surface area (Å²) in [4.78, 5) is 0. The molecule has 0 aromatic heterocycles. The number of phenols is 1. The largest absolute Gasteiger partial charge is 0.507 e. The van der Waals surface area contributed by atoms with Gasteiger partial charge >= 0.3 is 7.12 Å². The van der Waals surface area contributed by atoms with Crippen LogP contribution in [-0.4, -0.2) is 22.3 Å². The number of hydrogen-bond donors (Lipinski definition) is 3. The van der Waals surface area contributed by atoms with Gasteiger partial charge in [-0.3, -0.25) is 0 Å². The van der Waals surface area contributed by atoms with Gasteiger partial charge in [0.15, 0.2) is 0 Å². The summed E-state index contributed by atoms with van der Waals surface area (Å²) in [6, 6.07) is 3.21. The molecule has 0 unspecified atom stereocenters. The molecular formula is C7H8BBrO3. The maximum atomic E-state index is 9.33. The van der Waals surface area contributed by atoms with Crippen LogP contribution in [0.3, 0.4) is 0 Å². The van der Waals surface area contributed by atoms with Crippen molar-refractivity contribution in [1.29, 1.82) is 0 Å². The Bertz CT molecular complexity index is 301. The first kappa shape index (κ1) is 9.57. The fourth-order valence-electron chi connectivity index (χ4n) is 0.958. The maximum absolute atomic E-state index is 9.33. The van der Waals surface area contributed by atoms with E-state index in [4.69, 9.17) is 10.0 Å². The highest BCUT2D eigenvalue weighted by atomic mass is 79.9. The fraction of sp³-hybridized carbons (Fsp3) is 0.143. The van der Waals surface area contributed by atoms with Gasteiger partial charge < -0.3 is 15.2 Å². The molecule has 0 bridgehead atoms. The molecule has 0 saturated heterocycles. The van der Waals surface area contributed by atoms with Gasteiger partial charge in [-0.25, -0.2) is 0 Å². The lowest BCUT2D eigenvalue weighted by Gasteiger charge is -2.06. The minimum Gasteiger partial charge on any atom is -0.507 e. The average molecular weight is 231 g/mol. The lowest BCUT2D eigenvalue weighted by molar-refractivity contribution is 0.419. The van der Waals surface area contributed by atoms with Gasteiger partial charge in [0, 0.05) is 5.46 Å². The summed E-state index contributed by atoms with van der Waals surface area (Å²) in [5.41, 5.74) is 0.963. The Morgan fingerprint density at radius 1 is 1.33 bits per heavy atom. The second-order valence-corrected chi connectivity index (χ2v) is 3.41. The lowest BCUT2D eigenvalue weighted by atomic mass is 9.79. The van der Waals surface area contributed by atoms with Crippen molar-refractivity contribution in [3.63, 3.8) is 0 Å². The van der Waals surface area contributed by atoms with E-state index >= 15 is 0 Å². The van der Waals surface area contributed by atoms with Crippen LogP contribution in [0.5, 0.6) is 5.75 Å². The second-order valence-electron chi connectivity index (χ2n) is 2.56. The summed E-state index contributed by atoms with van der Waals surface area (Å²) in [6.45, 7) is 1.80. The molecule has 3 nitrogen and oxygen atoms in total. The molecule has 12 heavy (non-hydrogen) atoms. The van der Waals surface area contributed by atoms with Gasteiger partial charge in [-0.2, -0.15) is 0 Å². The van der Waals surface area contributed by atoms with Crippen molar-refractivity contribution in [2.24, 2.45) is 0 Å². The minimum atomic E-state index is -1.64. The van der Waals surface area contributed by atoms with Crippen LogP contribution < -0.4 is 5.46 Å². The summed E-state index contributed by atoms with van der Waals surface area (Å²) in [6.07, 6.45) is 0. The molecule has 64 valence electrons. The van der Waals surface area contributed by atoms with E-state index in [1.165, 1.54) is 6.07 Å². The van der Waals surface area contributed by atoms with Gasteiger partial charge in [0.1, 0.15) is 5.75 Å².